The van der Waals surface area contributed by atoms with Gasteiger partial charge in [-0.05, 0) is 30.7 Å². The van der Waals surface area contributed by atoms with Crippen molar-refractivity contribution in [2.24, 2.45) is 0 Å². The molecule has 0 unspecified atom stereocenters. The van der Waals surface area contributed by atoms with E-state index in [1.165, 1.54) is 12.1 Å². The van der Waals surface area contributed by atoms with Crippen LogP contribution in [0.15, 0.2) is 60.7 Å². The van der Waals surface area contributed by atoms with E-state index >= 15 is 0 Å². The van der Waals surface area contributed by atoms with Gasteiger partial charge in [0, 0.05) is 12.8 Å². The highest BCUT2D eigenvalue weighted by Gasteiger charge is 2.16. The Morgan fingerprint density at radius 2 is 1.57 bits per heavy atom. The van der Waals surface area contributed by atoms with E-state index in [2.05, 4.69) is 10.2 Å². The topological polar surface area (TPSA) is 58.6 Å². The van der Waals surface area contributed by atoms with Crippen LogP contribution in [0.1, 0.15) is 19.3 Å². The molecule has 0 atom stereocenters. The number of carbonyl (C=O) groups excluding carboxylic acids is 2. The normalized spacial score (nSPS) is 9.96. The van der Waals surface area contributed by atoms with Crippen LogP contribution in [0.4, 0.5) is 11.4 Å². The maximum Gasteiger partial charge on any atom is 0.305 e. The number of para-hydroxylation sites is 2. The van der Waals surface area contributed by atoms with Crippen molar-refractivity contribution in [3.8, 4) is 0 Å². The lowest BCUT2D eigenvalue weighted by atomic mass is 10.2. The van der Waals surface area contributed by atoms with Gasteiger partial charge < -0.3 is 4.74 Å². The van der Waals surface area contributed by atoms with Crippen LogP contribution in [0.2, 0.25) is 0 Å². The third-order valence-corrected chi connectivity index (χ3v) is 3.28. The molecule has 120 valence electrons. The molecule has 0 saturated carbocycles. The minimum atomic E-state index is -0.305. The highest BCUT2D eigenvalue weighted by Crippen LogP contribution is 2.18. The lowest BCUT2D eigenvalue weighted by molar-refractivity contribution is -0.140. The summed E-state index contributed by atoms with van der Waals surface area (Å²) in [6.07, 6.45) is 0.936. The van der Waals surface area contributed by atoms with Gasteiger partial charge in [-0.15, -0.1) is 0 Å². The van der Waals surface area contributed by atoms with Crippen molar-refractivity contribution < 1.29 is 14.3 Å². The minimum Gasteiger partial charge on any atom is -0.469 e. The Kier molecular flexibility index (Phi) is 6.17. The molecule has 0 aliphatic carbocycles. The standard InChI is InChI=1S/C18H20N2O3/c1-23-18(22)14-8-13-17(21)20(16-11-6-3-7-12-16)19-15-9-4-2-5-10-15/h2-7,9-12,19H,8,13-14H2,1H3. The van der Waals surface area contributed by atoms with Crippen LogP contribution in [0.5, 0.6) is 0 Å². The molecule has 0 aliphatic heterocycles. The second kappa shape index (κ2) is 8.58. The van der Waals surface area contributed by atoms with Gasteiger partial charge in [0.25, 0.3) is 0 Å². The first-order valence-corrected chi connectivity index (χ1v) is 7.47. The molecule has 5 heteroatoms. The number of benzene rings is 2. The number of methoxy groups -OCH3 is 1. The Labute approximate surface area is 135 Å². The summed E-state index contributed by atoms with van der Waals surface area (Å²) >= 11 is 0. The minimum absolute atomic E-state index is 0.107. The number of hydrogen-bond donors (Lipinski definition) is 1. The molecular weight excluding hydrogens is 292 g/mol. The average molecular weight is 312 g/mol. The maximum atomic E-state index is 12.5. The van der Waals surface area contributed by atoms with Crippen molar-refractivity contribution in [3.05, 3.63) is 60.7 Å². The van der Waals surface area contributed by atoms with Crippen LogP contribution in [-0.2, 0) is 14.3 Å². The van der Waals surface area contributed by atoms with Crippen molar-refractivity contribution in [2.75, 3.05) is 17.5 Å². The van der Waals surface area contributed by atoms with Crippen LogP contribution in [0, 0.1) is 0 Å². The molecule has 1 amide bonds. The van der Waals surface area contributed by atoms with Crippen molar-refractivity contribution in [1.82, 2.24) is 0 Å². The fraction of sp³-hybridized carbons (Fsp3) is 0.222. The molecular formula is C18H20N2O3. The Hall–Kier alpha value is -2.82. The first-order chi connectivity index (χ1) is 11.2. The van der Waals surface area contributed by atoms with Gasteiger partial charge >= 0.3 is 5.97 Å². The van der Waals surface area contributed by atoms with Gasteiger partial charge in [0.1, 0.15) is 0 Å². The lowest BCUT2D eigenvalue weighted by Gasteiger charge is -2.24. The summed E-state index contributed by atoms with van der Waals surface area (Å²) in [4.78, 5) is 23.7. The van der Waals surface area contributed by atoms with Crippen molar-refractivity contribution in [2.45, 2.75) is 19.3 Å². The van der Waals surface area contributed by atoms with E-state index in [9.17, 15) is 9.59 Å². The number of hydrazine groups is 1. The molecule has 2 aromatic carbocycles. The summed E-state index contributed by atoms with van der Waals surface area (Å²) in [5.74, 6) is -0.413. The van der Waals surface area contributed by atoms with Gasteiger partial charge in [0.15, 0.2) is 0 Å². The monoisotopic (exact) mass is 312 g/mol. The maximum absolute atomic E-state index is 12.5. The van der Waals surface area contributed by atoms with Crippen LogP contribution in [0.3, 0.4) is 0 Å². The number of nitrogens with one attached hydrogen (secondary N) is 1. The molecule has 2 aromatic rings. The molecule has 0 aliphatic rings. The Balaban J connectivity index is 2.07. The zero-order chi connectivity index (χ0) is 16.5. The number of amides is 1. The third-order valence-electron chi connectivity index (χ3n) is 3.28. The summed E-state index contributed by atoms with van der Waals surface area (Å²) in [5, 5.41) is 1.51. The summed E-state index contributed by atoms with van der Waals surface area (Å²) < 4.78 is 4.59. The van der Waals surface area contributed by atoms with E-state index in [0.29, 0.717) is 6.42 Å². The molecule has 0 fully saturated rings. The predicted octanol–water partition coefficient (Wildman–Crippen LogP) is 3.39. The summed E-state index contributed by atoms with van der Waals surface area (Å²) in [5.41, 5.74) is 4.68. The fourth-order valence-electron chi connectivity index (χ4n) is 2.09. The van der Waals surface area contributed by atoms with E-state index in [0.717, 1.165) is 11.4 Å². The number of nitrogens with zero attached hydrogens (tertiary/aromatic N) is 1. The van der Waals surface area contributed by atoms with Crippen molar-refractivity contribution in [1.29, 1.82) is 0 Å². The number of rotatable bonds is 7. The van der Waals surface area contributed by atoms with E-state index < -0.39 is 0 Å². The summed E-state index contributed by atoms with van der Waals surface area (Å²) in [6.45, 7) is 0. The highest BCUT2D eigenvalue weighted by molar-refractivity contribution is 5.95. The van der Waals surface area contributed by atoms with Gasteiger partial charge in [0.05, 0.1) is 18.5 Å². The van der Waals surface area contributed by atoms with Gasteiger partial charge in [-0.2, -0.15) is 0 Å². The quantitative estimate of drug-likeness (QED) is 0.629. The number of carbonyl (C=O) groups is 2. The predicted molar refractivity (Wildman–Crippen MR) is 89.9 cm³/mol. The third kappa shape index (κ3) is 5.14. The molecule has 0 radical (unpaired) electrons. The Morgan fingerprint density at radius 3 is 2.17 bits per heavy atom. The molecule has 0 spiro atoms. The smallest absolute Gasteiger partial charge is 0.305 e. The lowest BCUT2D eigenvalue weighted by Crippen LogP contribution is -2.36. The first-order valence-electron chi connectivity index (χ1n) is 7.47. The van der Waals surface area contributed by atoms with Gasteiger partial charge in [-0.25, -0.2) is 5.01 Å². The molecule has 23 heavy (non-hydrogen) atoms. The first kappa shape index (κ1) is 16.5. The van der Waals surface area contributed by atoms with Crippen LogP contribution >= 0.6 is 0 Å². The van der Waals surface area contributed by atoms with E-state index in [1.807, 2.05) is 60.7 Å². The number of esters is 1. The van der Waals surface area contributed by atoms with Crippen molar-refractivity contribution >= 4 is 23.3 Å². The van der Waals surface area contributed by atoms with E-state index in [1.54, 1.807) is 0 Å². The zero-order valence-corrected chi connectivity index (χ0v) is 13.1. The molecule has 2 rings (SSSR count). The largest absolute Gasteiger partial charge is 0.469 e. The fourth-order valence-corrected chi connectivity index (χ4v) is 2.09. The Morgan fingerprint density at radius 1 is 0.957 bits per heavy atom. The van der Waals surface area contributed by atoms with E-state index in [-0.39, 0.29) is 24.7 Å². The molecule has 0 bridgehead atoms. The Bertz CT molecular complexity index is 629. The average Bonchev–Trinajstić information content (AvgIpc) is 2.61. The van der Waals surface area contributed by atoms with Gasteiger partial charge in [-0.1, -0.05) is 36.4 Å². The molecule has 1 N–H and O–H groups in total. The molecule has 0 aromatic heterocycles. The molecule has 0 heterocycles. The highest BCUT2D eigenvalue weighted by atomic mass is 16.5. The van der Waals surface area contributed by atoms with Crippen LogP contribution < -0.4 is 10.4 Å². The van der Waals surface area contributed by atoms with Crippen LogP contribution in [0.25, 0.3) is 0 Å². The number of anilines is 2. The van der Waals surface area contributed by atoms with Crippen LogP contribution in [-0.4, -0.2) is 19.0 Å². The van der Waals surface area contributed by atoms with Gasteiger partial charge in [0.2, 0.25) is 5.91 Å². The molecule has 5 nitrogen and oxygen atoms in total. The summed E-state index contributed by atoms with van der Waals surface area (Å²) in [7, 11) is 1.34. The zero-order valence-electron chi connectivity index (χ0n) is 13.1. The second-order valence-corrected chi connectivity index (χ2v) is 4.97. The SMILES string of the molecule is COC(=O)CCCC(=O)N(Nc1ccccc1)c1ccccc1. The second-order valence-electron chi connectivity index (χ2n) is 4.97. The summed E-state index contributed by atoms with van der Waals surface area (Å²) in [6, 6.07) is 18.8. The number of hydrogen-bond acceptors (Lipinski definition) is 4. The van der Waals surface area contributed by atoms with Crippen molar-refractivity contribution in [3.63, 3.8) is 0 Å². The molecule has 0 saturated heterocycles. The number of ether oxygens (including phenoxy) is 1. The van der Waals surface area contributed by atoms with Gasteiger partial charge in [-0.3, -0.25) is 15.0 Å². The van der Waals surface area contributed by atoms with E-state index in [4.69, 9.17) is 0 Å².